The van der Waals surface area contributed by atoms with E-state index < -0.39 is 0 Å². The summed E-state index contributed by atoms with van der Waals surface area (Å²) in [4.78, 5) is 11.9. The standard InChI is InChI=1S/C16H28N4O2/c1-11(21)15(16(2,3)4)20-9-13(18-19-20)10-22-14-7-5-12(17)6-8-14/h9,12,14-15H,5-8,10,17H2,1-4H3/t12?,14?,15-/m1/s1. The first-order valence-electron chi connectivity index (χ1n) is 8.05. The average molecular weight is 308 g/mol. The van der Waals surface area contributed by atoms with Crippen LogP contribution >= 0.6 is 0 Å². The van der Waals surface area contributed by atoms with Crippen molar-refractivity contribution in [1.29, 1.82) is 0 Å². The molecule has 0 radical (unpaired) electrons. The van der Waals surface area contributed by atoms with E-state index in [0.29, 0.717) is 12.6 Å². The van der Waals surface area contributed by atoms with Crippen molar-refractivity contribution in [2.75, 3.05) is 0 Å². The lowest BCUT2D eigenvalue weighted by molar-refractivity contribution is -0.123. The monoisotopic (exact) mass is 308 g/mol. The van der Waals surface area contributed by atoms with Crippen LogP contribution in [0.25, 0.3) is 0 Å². The van der Waals surface area contributed by atoms with Crippen molar-refractivity contribution in [2.45, 2.75) is 78.2 Å². The third kappa shape index (κ3) is 4.36. The molecule has 124 valence electrons. The Morgan fingerprint density at radius 2 is 2.05 bits per heavy atom. The fourth-order valence-electron chi connectivity index (χ4n) is 3.16. The number of nitrogens with zero attached hydrogens (tertiary/aromatic N) is 3. The van der Waals surface area contributed by atoms with E-state index in [1.165, 1.54) is 0 Å². The van der Waals surface area contributed by atoms with E-state index in [1.807, 2.05) is 27.0 Å². The van der Waals surface area contributed by atoms with E-state index >= 15 is 0 Å². The molecule has 0 spiro atoms. The van der Waals surface area contributed by atoms with E-state index in [2.05, 4.69) is 10.3 Å². The first-order valence-corrected chi connectivity index (χ1v) is 8.05. The van der Waals surface area contributed by atoms with Gasteiger partial charge in [0.2, 0.25) is 0 Å². The number of Topliss-reactive ketones (excluding diaryl/α,β-unsaturated/α-hetero) is 1. The smallest absolute Gasteiger partial charge is 0.154 e. The second kappa shape index (κ2) is 6.87. The summed E-state index contributed by atoms with van der Waals surface area (Å²) in [6.07, 6.45) is 6.14. The summed E-state index contributed by atoms with van der Waals surface area (Å²) >= 11 is 0. The molecule has 0 aliphatic heterocycles. The highest BCUT2D eigenvalue weighted by atomic mass is 16.5. The highest BCUT2D eigenvalue weighted by Crippen LogP contribution is 2.30. The molecule has 0 amide bonds. The zero-order valence-corrected chi connectivity index (χ0v) is 14.1. The molecule has 1 saturated carbocycles. The van der Waals surface area contributed by atoms with Gasteiger partial charge in [-0.25, -0.2) is 4.68 Å². The summed E-state index contributed by atoms with van der Waals surface area (Å²) in [5.74, 6) is 0.0890. The molecule has 1 fully saturated rings. The minimum absolute atomic E-state index is 0.0890. The summed E-state index contributed by atoms with van der Waals surface area (Å²) < 4.78 is 7.56. The summed E-state index contributed by atoms with van der Waals surface area (Å²) in [6.45, 7) is 8.13. The zero-order valence-electron chi connectivity index (χ0n) is 14.1. The highest BCUT2D eigenvalue weighted by Gasteiger charge is 2.31. The maximum absolute atomic E-state index is 11.9. The number of rotatable bonds is 5. The lowest BCUT2D eigenvalue weighted by atomic mass is 9.84. The van der Waals surface area contributed by atoms with Gasteiger partial charge in [-0.1, -0.05) is 26.0 Å². The largest absolute Gasteiger partial charge is 0.372 e. The molecule has 0 unspecified atom stereocenters. The molecule has 22 heavy (non-hydrogen) atoms. The van der Waals surface area contributed by atoms with Crippen LogP contribution in [-0.4, -0.2) is 32.9 Å². The maximum atomic E-state index is 11.9. The molecule has 6 nitrogen and oxygen atoms in total. The predicted octanol–water partition coefficient (Wildman–Crippen LogP) is 2.24. The summed E-state index contributed by atoms with van der Waals surface area (Å²) in [6, 6.07) is 0.0188. The maximum Gasteiger partial charge on any atom is 0.154 e. The van der Waals surface area contributed by atoms with Crippen molar-refractivity contribution in [3.8, 4) is 0 Å². The van der Waals surface area contributed by atoms with Gasteiger partial charge in [-0.2, -0.15) is 0 Å². The summed E-state index contributed by atoms with van der Waals surface area (Å²) in [5, 5.41) is 8.27. The number of carbonyl (C=O) groups excluding carboxylic acids is 1. The fraction of sp³-hybridized carbons (Fsp3) is 0.812. The normalized spacial score (nSPS) is 24.2. The molecule has 2 N–H and O–H groups in total. The van der Waals surface area contributed by atoms with Crippen LogP contribution in [0.15, 0.2) is 6.20 Å². The number of ether oxygens (including phenoxy) is 1. The average Bonchev–Trinajstić information content (AvgIpc) is 2.84. The van der Waals surface area contributed by atoms with Crippen LogP contribution in [0, 0.1) is 5.41 Å². The van der Waals surface area contributed by atoms with E-state index in [1.54, 1.807) is 11.6 Å². The molecule has 0 saturated heterocycles. The lowest BCUT2D eigenvalue weighted by Crippen LogP contribution is -2.30. The van der Waals surface area contributed by atoms with E-state index in [0.717, 1.165) is 31.4 Å². The molecule has 2 rings (SSSR count). The summed E-state index contributed by atoms with van der Waals surface area (Å²) in [5.41, 5.74) is 6.47. The third-order valence-corrected chi connectivity index (χ3v) is 4.21. The number of hydrogen-bond acceptors (Lipinski definition) is 5. The molecule has 1 aliphatic rings. The topological polar surface area (TPSA) is 83.0 Å². The Balaban J connectivity index is 1.95. The molecule has 1 aliphatic carbocycles. The molecule has 1 aromatic heterocycles. The van der Waals surface area contributed by atoms with E-state index in [9.17, 15) is 4.79 Å². The van der Waals surface area contributed by atoms with Gasteiger partial charge in [0.05, 0.1) is 18.9 Å². The molecule has 1 heterocycles. The number of aromatic nitrogens is 3. The van der Waals surface area contributed by atoms with E-state index in [-0.39, 0.29) is 23.3 Å². The van der Waals surface area contributed by atoms with Crippen molar-refractivity contribution < 1.29 is 9.53 Å². The molecule has 0 bridgehead atoms. The minimum Gasteiger partial charge on any atom is -0.372 e. The Morgan fingerprint density at radius 1 is 1.41 bits per heavy atom. The fourth-order valence-corrected chi connectivity index (χ4v) is 3.16. The first kappa shape index (κ1) is 17.1. The van der Waals surface area contributed by atoms with Gasteiger partial charge in [0.1, 0.15) is 11.7 Å². The lowest BCUT2D eigenvalue weighted by Gasteiger charge is -2.28. The Hall–Kier alpha value is -1.27. The Labute approximate surface area is 132 Å². The van der Waals surface area contributed by atoms with Gasteiger partial charge in [-0.05, 0) is 38.0 Å². The van der Waals surface area contributed by atoms with Gasteiger partial charge in [0.25, 0.3) is 0 Å². The third-order valence-electron chi connectivity index (χ3n) is 4.21. The number of hydrogen-bond donors (Lipinski definition) is 1. The zero-order chi connectivity index (χ0) is 16.3. The minimum atomic E-state index is -0.304. The van der Waals surface area contributed by atoms with Gasteiger partial charge in [-0.15, -0.1) is 5.10 Å². The molecular formula is C16H28N4O2. The van der Waals surface area contributed by atoms with Crippen LogP contribution in [0.4, 0.5) is 0 Å². The molecule has 1 atom stereocenters. The van der Waals surface area contributed by atoms with Crippen LogP contribution in [0.3, 0.4) is 0 Å². The number of nitrogens with two attached hydrogens (primary N) is 1. The van der Waals surface area contributed by atoms with Gasteiger partial charge in [0.15, 0.2) is 5.78 Å². The number of ketones is 1. The van der Waals surface area contributed by atoms with Crippen LogP contribution in [0.2, 0.25) is 0 Å². The van der Waals surface area contributed by atoms with Crippen molar-refractivity contribution in [2.24, 2.45) is 11.1 Å². The Bertz CT molecular complexity index is 498. The van der Waals surface area contributed by atoms with Gasteiger partial charge >= 0.3 is 0 Å². The molecule has 6 heteroatoms. The molecular weight excluding hydrogens is 280 g/mol. The van der Waals surface area contributed by atoms with Crippen molar-refractivity contribution in [1.82, 2.24) is 15.0 Å². The van der Waals surface area contributed by atoms with E-state index in [4.69, 9.17) is 10.5 Å². The van der Waals surface area contributed by atoms with Crippen LogP contribution in [-0.2, 0) is 16.1 Å². The molecule has 0 aromatic carbocycles. The van der Waals surface area contributed by atoms with Gasteiger partial charge < -0.3 is 10.5 Å². The van der Waals surface area contributed by atoms with Crippen molar-refractivity contribution in [3.05, 3.63) is 11.9 Å². The SMILES string of the molecule is CC(=O)[C@@H](n1cc(COC2CCC(N)CC2)nn1)C(C)(C)C. The highest BCUT2D eigenvalue weighted by molar-refractivity contribution is 5.80. The van der Waals surface area contributed by atoms with Gasteiger partial charge in [-0.3, -0.25) is 4.79 Å². The second-order valence-electron chi connectivity index (χ2n) is 7.42. The quantitative estimate of drug-likeness (QED) is 0.902. The molecule has 1 aromatic rings. The van der Waals surface area contributed by atoms with Crippen molar-refractivity contribution >= 4 is 5.78 Å². The van der Waals surface area contributed by atoms with Crippen molar-refractivity contribution in [3.63, 3.8) is 0 Å². The summed E-state index contributed by atoms with van der Waals surface area (Å²) in [7, 11) is 0. The predicted molar refractivity (Wildman–Crippen MR) is 84.2 cm³/mol. The van der Waals surface area contributed by atoms with Crippen LogP contribution in [0.5, 0.6) is 0 Å². The van der Waals surface area contributed by atoms with Gasteiger partial charge in [0, 0.05) is 6.04 Å². The Morgan fingerprint density at radius 3 is 2.59 bits per heavy atom. The van der Waals surface area contributed by atoms with Crippen LogP contribution in [0.1, 0.15) is 65.1 Å². The van der Waals surface area contributed by atoms with Crippen LogP contribution < -0.4 is 5.73 Å². The number of carbonyl (C=O) groups is 1. The first-order chi connectivity index (χ1) is 10.3. The Kier molecular flexibility index (Phi) is 5.34. The second-order valence-corrected chi connectivity index (χ2v) is 7.42.